The van der Waals surface area contributed by atoms with Crippen molar-refractivity contribution in [2.75, 3.05) is 13.6 Å². The lowest BCUT2D eigenvalue weighted by molar-refractivity contribution is 0.268. The maximum atomic E-state index is 4.31. The Kier molecular flexibility index (Phi) is 3.22. The van der Waals surface area contributed by atoms with E-state index >= 15 is 0 Å². The molecule has 0 saturated heterocycles. The molecule has 0 bridgehead atoms. The van der Waals surface area contributed by atoms with Crippen molar-refractivity contribution < 1.29 is 0 Å². The van der Waals surface area contributed by atoms with Crippen molar-refractivity contribution in [1.29, 1.82) is 0 Å². The van der Waals surface area contributed by atoms with E-state index in [1.54, 1.807) is 6.08 Å². The molecule has 3 heteroatoms. The van der Waals surface area contributed by atoms with Gasteiger partial charge in [-0.2, -0.15) is 0 Å². The van der Waals surface area contributed by atoms with Crippen molar-refractivity contribution in [3.05, 3.63) is 60.2 Å². The van der Waals surface area contributed by atoms with Crippen LogP contribution >= 0.6 is 0 Å². The first kappa shape index (κ1) is 12.2. The zero-order valence-corrected chi connectivity index (χ0v) is 11.3. The average Bonchev–Trinajstić information content (AvgIpc) is 2.86. The lowest BCUT2D eigenvalue weighted by Crippen LogP contribution is -2.32. The molecule has 1 unspecified atom stereocenters. The van der Waals surface area contributed by atoms with Crippen LogP contribution < -0.4 is 0 Å². The summed E-state index contributed by atoms with van der Waals surface area (Å²) >= 11 is 0. The Bertz CT molecular complexity index is 585. The third-order valence-corrected chi connectivity index (χ3v) is 3.76. The van der Waals surface area contributed by atoms with Crippen molar-refractivity contribution in [2.45, 2.75) is 19.0 Å². The Morgan fingerprint density at radius 1 is 1.42 bits per heavy atom. The summed E-state index contributed by atoms with van der Waals surface area (Å²) < 4.78 is 2.16. The normalized spacial score (nSPS) is 19.1. The van der Waals surface area contributed by atoms with Gasteiger partial charge in [0, 0.05) is 31.7 Å². The Balaban J connectivity index is 1.86. The molecule has 3 nitrogen and oxygen atoms in total. The van der Waals surface area contributed by atoms with E-state index in [0.29, 0.717) is 5.92 Å². The fraction of sp³-hybridized carbons (Fsp3) is 0.312. The number of hydrogen-bond acceptors (Lipinski definition) is 2. The van der Waals surface area contributed by atoms with Gasteiger partial charge in [0.1, 0.15) is 0 Å². The standard InChI is InChI=1S/C16H19N3/c1-3-15-11-19(12-17-15)10-14-9-18(2)8-13-6-4-5-7-16(13)14/h3-7,11-12,14H,1,8-10H2,2H3. The van der Waals surface area contributed by atoms with E-state index < -0.39 is 0 Å². The van der Waals surface area contributed by atoms with Crippen LogP contribution in [0.25, 0.3) is 6.08 Å². The Morgan fingerprint density at radius 3 is 3.05 bits per heavy atom. The first-order chi connectivity index (χ1) is 9.26. The summed E-state index contributed by atoms with van der Waals surface area (Å²) in [6.45, 7) is 6.88. The molecule has 98 valence electrons. The number of aromatic nitrogens is 2. The van der Waals surface area contributed by atoms with Crippen molar-refractivity contribution in [3.8, 4) is 0 Å². The number of nitrogens with zero attached hydrogens (tertiary/aromatic N) is 3. The summed E-state index contributed by atoms with van der Waals surface area (Å²) in [5.41, 5.74) is 3.87. The highest BCUT2D eigenvalue weighted by atomic mass is 15.1. The Labute approximate surface area is 114 Å². The van der Waals surface area contributed by atoms with Crippen LogP contribution in [0.3, 0.4) is 0 Å². The topological polar surface area (TPSA) is 21.1 Å². The summed E-state index contributed by atoms with van der Waals surface area (Å²) in [7, 11) is 2.19. The second-order valence-electron chi connectivity index (χ2n) is 5.29. The Hall–Kier alpha value is -1.87. The predicted octanol–water partition coefficient (Wildman–Crippen LogP) is 2.76. The highest BCUT2D eigenvalue weighted by Crippen LogP contribution is 2.28. The minimum atomic E-state index is 0.529. The molecule has 0 saturated carbocycles. The van der Waals surface area contributed by atoms with Crippen LogP contribution in [0.1, 0.15) is 22.7 Å². The van der Waals surface area contributed by atoms with Gasteiger partial charge in [-0.25, -0.2) is 4.98 Å². The van der Waals surface area contributed by atoms with Gasteiger partial charge in [-0.1, -0.05) is 30.8 Å². The number of fused-ring (bicyclic) bond motifs is 1. The summed E-state index contributed by atoms with van der Waals surface area (Å²) in [5, 5.41) is 0. The van der Waals surface area contributed by atoms with E-state index in [-0.39, 0.29) is 0 Å². The average molecular weight is 253 g/mol. The molecule has 0 N–H and O–H groups in total. The fourth-order valence-electron chi connectivity index (χ4n) is 2.90. The molecular weight excluding hydrogens is 234 g/mol. The monoisotopic (exact) mass is 253 g/mol. The lowest BCUT2D eigenvalue weighted by atomic mass is 9.90. The molecule has 1 atom stereocenters. The number of rotatable bonds is 3. The van der Waals surface area contributed by atoms with Crippen molar-refractivity contribution in [1.82, 2.24) is 14.5 Å². The molecular formula is C16H19N3. The number of likely N-dealkylation sites (N-methyl/N-ethyl adjacent to an activating group) is 1. The largest absolute Gasteiger partial charge is 0.336 e. The van der Waals surface area contributed by atoms with Crippen molar-refractivity contribution in [3.63, 3.8) is 0 Å². The molecule has 0 aliphatic carbocycles. The highest BCUT2D eigenvalue weighted by Gasteiger charge is 2.23. The van der Waals surface area contributed by atoms with Crippen LogP contribution in [0, 0.1) is 0 Å². The number of imidazole rings is 1. The van der Waals surface area contributed by atoms with Crippen LogP contribution in [-0.2, 0) is 13.1 Å². The maximum absolute atomic E-state index is 4.31. The van der Waals surface area contributed by atoms with E-state index in [0.717, 1.165) is 25.3 Å². The third-order valence-electron chi connectivity index (χ3n) is 3.76. The number of hydrogen-bond donors (Lipinski definition) is 0. The molecule has 1 aromatic heterocycles. The number of benzene rings is 1. The SMILES string of the molecule is C=Cc1cn(CC2CN(C)Cc3ccccc32)cn1. The van der Waals surface area contributed by atoms with E-state index in [9.17, 15) is 0 Å². The van der Waals surface area contributed by atoms with Gasteiger partial charge in [0.25, 0.3) is 0 Å². The van der Waals surface area contributed by atoms with Gasteiger partial charge >= 0.3 is 0 Å². The molecule has 2 aromatic rings. The van der Waals surface area contributed by atoms with Gasteiger partial charge in [-0.05, 0) is 24.3 Å². The molecule has 3 rings (SSSR count). The summed E-state index contributed by atoms with van der Waals surface area (Å²) in [6.07, 6.45) is 5.75. The summed E-state index contributed by atoms with van der Waals surface area (Å²) in [4.78, 5) is 6.69. The zero-order valence-electron chi connectivity index (χ0n) is 11.3. The molecule has 2 heterocycles. The molecule has 19 heavy (non-hydrogen) atoms. The van der Waals surface area contributed by atoms with Gasteiger partial charge in [0.2, 0.25) is 0 Å². The second kappa shape index (κ2) is 5.02. The van der Waals surface area contributed by atoms with E-state index in [2.05, 4.69) is 58.5 Å². The molecule has 0 amide bonds. The van der Waals surface area contributed by atoms with Crippen LogP contribution in [0.2, 0.25) is 0 Å². The van der Waals surface area contributed by atoms with Crippen LogP contribution in [0.4, 0.5) is 0 Å². The van der Waals surface area contributed by atoms with Gasteiger partial charge < -0.3 is 9.47 Å². The predicted molar refractivity (Wildman–Crippen MR) is 77.8 cm³/mol. The van der Waals surface area contributed by atoms with E-state index in [1.165, 1.54) is 11.1 Å². The molecule has 0 radical (unpaired) electrons. The highest BCUT2D eigenvalue weighted by molar-refractivity contribution is 5.39. The molecule has 1 aliphatic heterocycles. The summed E-state index contributed by atoms with van der Waals surface area (Å²) in [5.74, 6) is 0.529. The smallest absolute Gasteiger partial charge is 0.0953 e. The molecule has 1 aromatic carbocycles. The van der Waals surface area contributed by atoms with Gasteiger partial charge in [0.15, 0.2) is 0 Å². The first-order valence-electron chi connectivity index (χ1n) is 6.67. The third kappa shape index (κ3) is 2.47. The lowest BCUT2D eigenvalue weighted by Gasteiger charge is -2.32. The van der Waals surface area contributed by atoms with E-state index in [1.807, 2.05) is 6.33 Å². The quantitative estimate of drug-likeness (QED) is 0.838. The van der Waals surface area contributed by atoms with Gasteiger partial charge in [-0.15, -0.1) is 0 Å². The van der Waals surface area contributed by atoms with E-state index in [4.69, 9.17) is 0 Å². The maximum Gasteiger partial charge on any atom is 0.0953 e. The van der Waals surface area contributed by atoms with Crippen molar-refractivity contribution in [2.24, 2.45) is 0 Å². The molecule has 1 aliphatic rings. The van der Waals surface area contributed by atoms with Crippen LogP contribution in [0.5, 0.6) is 0 Å². The van der Waals surface area contributed by atoms with Gasteiger partial charge in [-0.3, -0.25) is 0 Å². The minimum absolute atomic E-state index is 0.529. The fourth-order valence-corrected chi connectivity index (χ4v) is 2.90. The van der Waals surface area contributed by atoms with Crippen LogP contribution in [-0.4, -0.2) is 28.0 Å². The molecule has 0 fully saturated rings. The minimum Gasteiger partial charge on any atom is -0.336 e. The van der Waals surface area contributed by atoms with Gasteiger partial charge in [0.05, 0.1) is 12.0 Å². The van der Waals surface area contributed by atoms with Crippen LogP contribution in [0.15, 0.2) is 43.4 Å². The first-order valence-corrected chi connectivity index (χ1v) is 6.67. The second-order valence-corrected chi connectivity index (χ2v) is 5.29. The van der Waals surface area contributed by atoms with Crippen molar-refractivity contribution >= 4 is 6.08 Å². The zero-order chi connectivity index (χ0) is 13.2. The molecule has 0 spiro atoms. The summed E-state index contributed by atoms with van der Waals surface area (Å²) in [6, 6.07) is 8.77. The Morgan fingerprint density at radius 2 is 2.26 bits per heavy atom.